The van der Waals surface area contributed by atoms with Crippen molar-refractivity contribution in [3.05, 3.63) is 54.3 Å². The molecule has 0 radical (unpaired) electrons. The van der Waals surface area contributed by atoms with Crippen molar-refractivity contribution in [2.75, 3.05) is 22.5 Å². The summed E-state index contributed by atoms with van der Waals surface area (Å²) in [6.07, 6.45) is 0. The van der Waals surface area contributed by atoms with E-state index in [1.165, 1.54) is 22.7 Å². The summed E-state index contributed by atoms with van der Waals surface area (Å²) in [6.45, 7) is -0.0320. The van der Waals surface area contributed by atoms with Crippen molar-refractivity contribution in [1.82, 2.24) is 14.8 Å². The van der Waals surface area contributed by atoms with E-state index in [9.17, 15) is 14.0 Å². The van der Waals surface area contributed by atoms with Crippen molar-refractivity contribution < 1.29 is 14.0 Å². The Morgan fingerprint density at radius 1 is 1.18 bits per heavy atom. The Balaban J connectivity index is 1.51. The van der Waals surface area contributed by atoms with Crippen molar-refractivity contribution in [2.24, 2.45) is 7.05 Å². The maximum absolute atomic E-state index is 14.0. The Kier molecular flexibility index (Phi) is 4.82. The molecule has 0 bridgehead atoms. The lowest BCUT2D eigenvalue weighted by atomic mass is 10.2. The highest BCUT2D eigenvalue weighted by atomic mass is 32.2. The van der Waals surface area contributed by atoms with Crippen LogP contribution in [0.4, 0.5) is 15.8 Å². The average Bonchev–Trinajstić information content (AvgIpc) is 3.06. The highest BCUT2D eigenvalue weighted by Crippen LogP contribution is 2.30. The number of carbonyl (C=O) groups excluding carboxylic acids is 2. The molecule has 0 spiro atoms. The van der Waals surface area contributed by atoms with Gasteiger partial charge in [0.2, 0.25) is 11.8 Å². The number of fused-ring (bicyclic) bond motifs is 1. The number of aromatic nitrogens is 3. The molecule has 0 saturated heterocycles. The van der Waals surface area contributed by atoms with Gasteiger partial charge in [0.15, 0.2) is 11.0 Å². The van der Waals surface area contributed by atoms with Crippen LogP contribution in [-0.2, 0) is 16.6 Å². The molecule has 0 fully saturated rings. The zero-order valence-corrected chi connectivity index (χ0v) is 15.7. The van der Waals surface area contributed by atoms with Gasteiger partial charge in [-0.25, -0.2) is 4.39 Å². The molecular weight excluding hydrogens is 381 g/mol. The summed E-state index contributed by atoms with van der Waals surface area (Å²) in [5.74, 6) is -0.386. The summed E-state index contributed by atoms with van der Waals surface area (Å²) in [7, 11) is 1.72. The number of halogens is 1. The van der Waals surface area contributed by atoms with Gasteiger partial charge in [0.25, 0.3) is 0 Å². The molecule has 1 aromatic heterocycles. The number of carbonyl (C=O) groups is 2. The fraction of sp³-hybridized carbons (Fsp3) is 0.158. The fourth-order valence-electron chi connectivity index (χ4n) is 2.98. The Bertz CT molecular complexity index is 1070. The van der Waals surface area contributed by atoms with E-state index < -0.39 is 0 Å². The monoisotopic (exact) mass is 397 g/mol. The molecule has 0 unspecified atom stereocenters. The molecule has 1 aliphatic heterocycles. The second kappa shape index (κ2) is 7.43. The van der Waals surface area contributed by atoms with Crippen LogP contribution >= 0.6 is 11.8 Å². The van der Waals surface area contributed by atoms with Crippen LogP contribution in [0.5, 0.6) is 0 Å². The molecule has 0 aliphatic carbocycles. The molecule has 1 aliphatic rings. The highest BCUT2D eigenvalue weighted by molar-refractivity contribution is 7.99. The number of rotatable bonds is 4. The van der Waals surface area contributed by atoms with Gasteiger partial charge in [-0.15, -0.1) is 10.2 Å². The zero-order chi connectivity index (χ0) is 19.7. The second-order valence-electron chi connectivity index (χ2n) is 6.18. The summed E-state index contributed by atoms with van der Waals surface area (Å²) >= 11 is 1.19. The zero-order valence-electron chi connectivity index (χ0n) is 14.9. The third kappa shape index (κ3) is 3.36. The van der Waals surface area contributed by atoms with E-state index in [4.69, 9.17) is 0 Å². The van der Waals surface area contributed by atoms with Gasteiger partial charge in [-0.05, 0) is 24.3 Å². The van der Waals surface area contributed by atoms with E-state index in [0.29, 0.717) is 27.9 Å². The maximum Gasteiger partial charge on any atom is 0.244 e. The largest absolute Gasteiger partial charge is 0.323 e. The first-order chi connectivity index (χ1) is 13.5. The molecule has 3 aromatic rings. The van der Waals surface area contributed by atoms with Crippen LogP contribution in [-0.4, -0.2) is 38.9 Å². The summed E-state index contributed by atoms with van der Waals surface area (Å²) in [5.41, 5.74) is 1.62. The highest BCUT2D eigenvalue weighted by Gasteiger charge is 2.27. The lowest BCUT2D eigenvalue weighted by Crippen LogP contribution is -2.43. The van der Waals surface area contributed by atoms with Gasteiger partial charge in [-0.1, -0.05) is 36.0 Å². The van der Waals surface area contributed by atoms with E-state index in [0.717, 1.165) is 0 Å². The van der Waals surface area contributed by atoms with Crippen LogP contribution in [0, 0.1) is 5.82 Å². The van der Waals surface area contributed by atoms with Crippen molar-refractivity contribution in [3.8, 4) is 11.4 Å². The Labute approximate surface area is 164 Å². The predicted octanol–water partition coefficient (Wildman–Crippen LogP) is 2.70. The normalized spacial score (nSPS) is 13.2. The molecule has 2 heterocycles. The summed E-state index contributed by atoms with van der Waals surface area (Å²) in [5, 5.41) is 11.4. The maximum atomic E-state index is 14.0. The molecule has 142 valence electrons. The Morgan fingerprint density at radius 2 is 1.93 bits per heavy atom. The van der Waals surface area contributed by atoms with Gasteiger partial charge in [0.05, 0.1) is 22.7 Å². The van der Waals surface area contributed by atoms with Gasteiger partial charge in [-0.2, -0.15) is 0 Å². The van der Waals surface area contributed by atoms with Gasteiger partial charge < -0.3 is 14.8 Å². The van der Waals surface area contributed by atoms with Crippen molar-refractivity contribution in [2.45, 2.75) is 5.16 Å². The number of para-hydroxylation sites is 2. The van der Waals surface area contributed by atoms with E-state index >= 15 is 0 Å². The molecule has 4 rings (SSSR count). The standard InChI is InChI=1S/C19H16FN5O2S/c1-24-18(12-6-2-3-7-13(12)20)22-23-19(24)28-11-17(27)25-10-16(26)21-14-8-4-5-9-15(14)25/h2-9H,10-11H2,1H3,(H,21,26). The van der Waals surface area contributed by atoms with E-state index in [1.54, 1.807) is 48.0 Å². The number of nitrogens with zero attached hydrogens (tertiary/aromatic N) is 4. The van der Waals surface area contributed by atoms with Crippen LogP contribution < -0.4 is 10.2 Å². The number of hydrogen-bond acceptors (Lipinski definition) is 5. The molecule has 1 N–H and O–H groups in total. The molecule has 2 aromatic carbocycles. The molecule has 2 amide bonds. The van der Waals surface area contributed by atoms with Crippen LogP contribution in [0.15, 0.2) is 53.7 Å². The number of nitrogens with one attached hydrogen (secondary N) is 1. The van der Waals surface area contributed by atoms with Crippen LogP contribution in [0.1, 0.15) is 0 Å². The van der Waals surface area contributed by atoms with Crippen molar-refractivity contribution >= 4 is 35.0 Å². The van der Waals surface area contributed by atoms with E-state index in [1.807, 2.05) is 6.07 Å². The lowest BCUT2D eigenvalue weighted by Gasteiger charge is -2.28. The van der Waals surface area contributed by atoms with Gasteiger partial charge >= 0.3 is 0 Å². The van der Waals surface area contributed by atoms with Gasteiger partial charge in [0.1, 0.15) is 12.4 Å². The number of anilines is 2. The van der Waals surface area contributed by atoms with E-state index in [-0.39, 0.29) is 29.9 Å². The van der Waals surface area contributed by atoms with E-state index in [2.05, 4.69) is 15.5 Å². The average molecular weight is 397 g/mol. The molecule has 0 saturated carbocycles. The first-order valence-electron chi connectivity index (χ1n) is 8.51. The van der Waals surface area contributed by atoms with Gasteiger partial charge in [0, 0.05) is 7.05 Å². The summed E-state index contributed by atoms with van der Waals surface area (Å²) in [4.78, 5) is 26.1. The first-order valence-corrected chi connectivity index (χ1v) is 9.49. The minimum Gasteiger partial charge on any atom is -0.323 e. The van der Waals surface area contributed by atoms with Crippen LogP contribution in [0.25, 0.3) is 11.4 Å². The summed E-state index contributed by atoms with van der Waals surface area (Å²) < 4.78 is 15.7. The lowest BCUT2D eigenvalue weighted by molar-refractivity contribution is -0.120. The van der Waals surface area contributed by atoms with Crippen LogP contribution in [0.2, 0.25) is 0 Å². The van der Waals surface area contributed by atoms with Crippen LogP contribution in [0.3, 0.4) is 0 Å². The fourth-order valence-corrected chi connectivity index (χ4v) is 3.76. The molecular formula is C19H16FN5O2S. The topological polar surface area (TPSA) is 80.1 Å². The molecule has 9 heteroatoms. The quantitative estimate of drug-likeness (QED) is 0.685. The van der Waals surface area contributed by atoms with Crippen molar-refractivity contribution in [3.63, 3.8) is 0 Å². The number of thioether (sulfide) groups is 1. The molecule has 7 nitrogen and oxygen atoms in total. The smallest absolute Gasteiger partial charge is 0.244 e. The SMILES string of the molecule is Cn1c(SCC(=O)N2CC(=O)Nc3ccccc32)nnc1-c1ccccc1F. The first kappa shape index (κ1) is 18.2. The predicted molar refractivity (Wildman–Crippen MR) is 105 cm³/mol. The van der Waals surface area contributed by atoms with Crippen molar-refractivity contribution in [1.29, 1.82) is 0 Å². The number of amides is 2. The van der Waals surface area contributed by atoms with Gasteiger partial charge in [-0.3, -0.25) is 9.59 Å². The minimum atomic E-state index is -0.387. The minimum absolute atomic E-state index is 0.0320. The third-order valence-corrected chi connectivity index (χ3v) is 5.35. The number of benzene rings is 2. The number of hydrogen-bond donors (Lipinski definition) is 1. The Hall–Kier alpha value is -3.20. The third-order valence-electron chi connectivity index (χ3n) is 4.35. The molecule has 0 atom stereocenters. The Morgan fingerprint density at radius 3 is 2.75 bits per heavy atom. The summed E-state index contributed by atoms with van der Waals surface area (Å²) in [6, 6.07) is 13.5. The second-order valence-corrected chi connectivity index (χ2v) is 7.12. The molecule has 28 heavy (non-hydrogen) atoms.